The van der Waals surface area contributed by atoms with Gasteiger partial charge in [0, 0.05) is 23.9 Å². The van der Waals surface area contributed by atoms with Gasteiger partial charge in [0.25, 0.3) is 0 Å². The maximum atomic E-state index is 13.7. The van der Waals surface area contributed by atoms with Crippen LogP contribution < -0.4 is 19.5 Å². The molecule has 2 atom stereocenters. The van der Waals surface area contributed by atoms with Crippen molar-refractivity contribution in [2.24, 2.45) is 0 Å². The van der Waals surface area contributed by atoms with Crippen molar-refractivity contribution in [1.29, 1.82) is 0 Å². The maximum Gasteiger partial charge on any atom is 0.188 e. The first-order valence-corrected chi connectivity index (χ1v) is 11.0. The highest BCUT2D eigenvalue weighted by atomic mass is 31.1. The highest BCUT2D eigenvalue weighted by Crippen LogP contribution is 2.54. The van der Waals surface area contributed by atoms with Gasteiger partial charge in [-0.05, 0) is 41.9 Å². The van der Waals surface area contributed by atoms with Gasteiger partial charge in [-0.25, -0.2) is 4.39 Å². The molecule has 0 aliphatic heterocycles. The molecule has 0 heterocycles. The average molecular weight is 438 g/mol. The van der Waals surface area contributed by atoms with Gasteiger partial charge in [-0.15, -0.1) is 0 Å². The van der Waals surface area contributed by atoms with Crippen molar-refractivity contribution in [3.05, 3.63) is 47.3 Å². The topological polar surface area (TPSA) is 57.2 Å². The van der Waals surface area contributed by atoms with Crippen LogP contribution in [0.5, 0.6) is 17.2 Å². The Morgan fingerprint density at radius 1 is 1.07 bits per heavy atom. The second-order valence-corrected chi connectivity index (χ2v) is 8.77. The molecule has 0 fully saturated rings. The summed E-state index contributed by atoms with van der Waals surface area (Å²) in [6.07, 6.45) is 2.64. The molecule has 2 aromatic carbocycles. The lowest BCUT2D eigenvalue weighted by atomic mass is 9.89. The van der Waals surface area contributed by atoms with Gasteiger partial charge >= 0.3 is 0 Å². The smallest absolute Gasteiger partial charge is 0.188 e. The zero-order valence-corrected chi connectivity index (χ0v) is 19.4. The van der Waals surface area contributed by atoms with Gasteiger partial charge in [0.05, 0.1) is 20.8 Å². The summed E-state index contributed by atoms with van der Waals surface area (Å²) in [7, 11) is 5.08. The molecule has 1 N–H and O–H groups in total. The molecule has 0 spiro atoms. The second kappa shape index (κ2) is 11.5. The number of rotatable bonds is 12. The molecule has 5 nitrogen and oxygen atoms in total. The molecule has 0 radical (unpaired) electrons. The Balaban J connectivity index is 2.70. The third-order valence-corrected chi connectivity index (χ3v) is 7.32. The van der Waals surface area contributed by atoms with Gasteiger partial charge in [-0.3, -0.25) is 0 Å². The molecule has 0 amide bonds. The summed E-state index contributed by atoms with van der Waals surface area (Å²) in [6.45, 7) is 4.15. The summed E-state index contributed by atoms with van der Waals surface area (Å²) in [5.74, 6) is 1.52. The summed E-state index contributed by atoms with van der Waals surface area (Å²) in [5, 5.41) is 10.4. The molecular formula is C23H32FO5P. The SMILES string of the molecule is CCCC(CC)(Pc1ccc(F)cc1CO)c1cc(OC)cc(OC)c1OCOC. The molecule has 2 unspecified atom stereocenters. The van der Waals surface area contributed by atoms with Crippen LogP contribution in [0.1, 0.15) is 44.2 Å². The van der Waals surface area contributed by atoms with Crippen molar-refractivity contribution in [2.45, 2.75) is 44.9 Å². The molecule has 0 bridgehead atoms. The third-order valence-electron chi connectivity index (χ3n) is 5.21. The number of hydrogen-bond donors (Lipinski definition) is 1. The van der Waals surface area contributed by atoms with Crippen LogP contribution in [0.4, 0.5) is 4.39 Å². The van der Waals surface area contributed by atoms with Gasteiger partial charge < -0.3 is 24.1 Å². The first kappa shape index (κ1) is 24.4. The Labute approximate surface area is 180 Å². The van der Waals surface area contributed by atoms with E-state index in [9.17, 15) is 9.50 Å². The van der Waals surface area contributed by atoms with Crippen LogP contribution in [-0.2, 0) is 16.5 Å². The van der Waals surface area contributed by atoms with Gasteiger partial charge in [-0.2, -0.15) is 0 Å². The lowest BCUT2D eigenvalue weighted by Gasteiger charge is -2.36. The highest BCUT2D eigenvalue weighted by Gasteiger charge is 2.35. The van der Waals surface area contributed by atoms with Gasteiger partial charge in [0.1, 0.15) is 11.6 Å². The molecule has 166 valence electrons. The van der Waals surface area contributed by atoms with Crippen LogP contribution >= 0.6 is 8.58 Å². The van der Waals surface area contributed by atoms with Crippen molar-refractivity contribution in [1.82, 2.24) is 0 Å². The monoisotopic (exact) mass is 438 g/mol. The highest BCUT2D eigenvalue weighted by molar-refractivity contribution is 7.48. The fourth-order valence-electron chi connectivity index (χ4n) is 3.69. The van der Waals surface area contributed by atoms with E-state index < -0.39 is 0 Å². The Hall–Kier alpha value is -1.88. The minimum absolute atomic E-state index is 0.0865. The molecule has 0 saturated heterocycles. The first-order chi connectivity index (χ1) is 14.5. The van der Waals surface area contributed by atoms with Crippen LogP contribution in [-0.4, -0.2) is 33.2 Å². The Bertz CT molecular complexity index is 829. The molecule has 0 aliphatic carbocycles. The van der Waals surface area contributed by atoms with Gasteiger partial charge in [0.2, 0.25) is 0 Å². The zero-order chi connectivity index (χ0) is 22.1. The number of methoxy groups -OCH3 is 3. The fourth-order valence-corrected chi connectivity index (χ4v) is 5.55. The van der Waals surface area contributed by atoms with Crippen LogP contribution in [0.25, 0.3) is 0 Å². The number of aliphatic hydroxyl groups is 1. The number of benzene rings is 2. The van der Waals surface area contributed by atoms with Crippen molar-refractivity contribution in [3.63, 3.8) is 0 Å². The molecular weight excluding hydrogens is 406 g/mol. The Morgan fingerprint density at radius 2 is 1.83 bits per heavy atom. The molecule has 2 rings (SSSR count). The number of hydrogen-bond acceptors (Lipinski definition) is 5. The Morgan fingerprint density at radius 3 is 2.40 bits per heavy atom. The Kier molecular flexibility index (Phi) is 9.35. The average Bonchev–Trinajstić information content (AvgIpc) is 2.77. The van der Waals surface area contributed by atoms with E-state index in [1.165, 1.54) is 12.1 Å². The van der Waals surface area contributed by atoms with E-state index in [0.29, 0.717) is 31.4 Å². The summed E-state index contributed by atoms with van der Waals surface area (Å²) < 4.78 is 36.0. The van der Waals surface area contributed by atoms with E-state index >= 15 is 0 Å². The normalized spacial score (nSPS) is 13.4. The molecule has 0 aromatic heterocycles. The van der Waals surface area contributed by atoms with E-state index in [0.717, 1.165) is 30.1 Å². The van der Waals surface area contributed by atoms with Gasteiger partial charge in [0.15, 0.2) is 18.3 Å². The second-order valence-electron chi connectivity index (χ2n) is 7.03. The number of halogens is 1. The van der Waals surface area contributed by atoms with E-state index in [4.69, 9.17) is 18.9 Å². The van der Waals surface area contributed by atoms with Crippen molar-refractivity contribution < 1.29 is 28.4 Å². The van der Waals surface area contributed by atoms with E-state index in [-0.39, 0.29) is 24.4 Å². The van der Waals surface area contributed by atoms with Crippen LogP contribution in [0.2, 0.25) is 0 Å². The molecule has 0 aliphatic rings. The predicted molar refractivity (Wildman–Crippen MR) is 119 cm³/mol. The minimum Gasteiger partial charge on any atom is -0.497 e. The number of ether oxygens (including phenoxy) is 4. The standard InChI is InChI=1S/C23H32FO5P/c1-6-10-23(7-2,30-21-9-8-17(24)11-16(21)14-25)19-12-18(27-4)13-20(28-5)22(19)29-15-26-3/h8-9,11-13,25,30H,6-7,10,14-15H2,1-5H3. The lowest BCUT2D eigenvalue weighted by Crippen LogP contribution is -2.25. The van der Waals surface area contributed by atoms with Crippen molar-refractivity contribution in [2.75, 3.05) is 28.1 Å². The van der Waals surface area contributed by atoms with E-state index in [2.05, 4.69) is 13.8 Å². The quantitative estimate of drug-likeness (QED) is 0.384. The van der Waals surface area contributed by atoms with E-state index in [1.54, 1.807) is 33.5 Å². The molecule has 7 heteroatoms. The first-order valence-electron chi connectivity index (χ1n) is 10.0. The van der Waals surface area contributed by atoms with Crippen LogP contribution in [0, 0.1) is 5.82 Å². The van der Waals surface area contributed by atoms with Crippen LogP contribution in [0.3, 0.4) is 0 Å². The van der Waals surface area contributed by atoms with Crippen molar-refractivity contribution in [3.8, 4) is 17.2 Å². The molecule has 0 saturated carbocycles. The fraction of sp³-hybridized carbons (Fsp3) is 0.478. The summed E-state index contributed by atoms with van der Waals surface area (Å²) in [4.78, 5) is 0. The summed E-state index contributed by atoms with van der Waals surface area (Å²) in [5.41, 5.74) is 1.57. The number of aliphatic hydroxyl groups excluding tert-OH is 1. The summed E-state index contributed by atoms with van der Waals surface area (Å²) in [6, 6.07) is 8.40. The molecule has 2 aromatic rings. The zero-order valence-electron chi connectivity index (χ0n) is 18.4. The van der Waals surface area contributed by atoms with E-state index in [1.807, 2.05) is 6.07 Å². The van der Waals surface area contributed by atoms with Crippen molar-refractivity contribution >= 4 is 13.9 Å². The minimum atomic E-state index is -0.350. The third kappa shape index (κ3) is 5.42. The largest absolute Gasteiger partial charge is 0.497 e. The maximum absolute atomic E-state index is 13.7. The summed E-state index contributed by atoms with van der Waals surface area (Å²) >= 11 is 0. The molecule has 30 heavy (non-hydrogen) atoms. The lowest BCUT2D eigenvalue weighted by molar-refractivity contribution is 0.0478. The van der Waals surface area contributed by atoms with Crippen LogP contribution in [0.15, 0.2) is 30.3 Å². The predicted octanol–water partition coefficient (Wildman–Crippen LogP) is 4.73. The van der Waals surface area contributed by atoms with Gasteiger partial charge in [-0.1, -0.05) is 34.9 Å².